The van der Waals surface area contributed by atoms with Gasteiger partial charge in [0.1, 0.15) is 0 Å². The standard InChI is InChI=1S/C16H25BrN2O/c1-12(18)9-13-6-7-14(10-16(13)17)19(2)11-15-5-3-4-8-20-15/h6-7,10,12,15H,3-5,8-9,11,18H2,1-2H3. The molecule has 0 aromatic heterocycles. The van der Waals surface area contributed by atoms with Crippen LogP contribution in [0.25, 0.3) is 0 Å². The van der Waals surface area contributed by atoms with Crippen LogP contribution in [0.15, 0.2) is 22.7 Å². The number of anilines is 1. The van der Waals surface area contributed by atoms with Crippen molar-refractivity contribution in [2.24, 2.45) is 5.73 Å². The van der Waals surface area contributed by atoms with Crippen LogP contribution in [0.3, 0.4) is 0 Å². The van der Waals surface area contributed by atoms with Crippen LogP contribution >= 0.6 is 15.9 Å². The van der Waals surface area contributed by atoms with Crippen LogP contribution in [0.5, 0.6) is 0 Å². The first kappa shape index (κ1) is 15.8. The summed E-state index contributed by atoms with van der Waals surface area (Å²) >= 11 is 3.66. The van der Waals surface area contributed by atoms with Gasteiger partial charge in [0.15, 0.2) is 0 Å². The van der Waals surface area contributed by atoms with E-state index >= 15 is 0 Å². The molecule has 20 heavy (non-hydrogen) atoms. The SMILES string of the molecule is CC(N)Cc1ccc(N(C)CC2CCCCO2)cc1Br. The smallest absolute Gasteiger partial charge is 0.0749 e. The Morgan fingerprint density at radius 1 is 1.45 bits per heavy atom. The number of rotatable bonds is 5. The number of ether oxygens (including phenoxy) is 1. The van der Waals surface area contributed by atoms with Crippen molar-refractivity contribution in [3.63, 3.8) is 0 Å². The molecular formula is C16H25BrN2O. The van der Waals surface area contributed by atoms with E-state index in [9.17, 15) is 0 Å². The molecule has 0 saturated carbocycles. The third-order valence-corrected chi connectivity index (χ3v) is 4.51. The van der Waals surface area contributed by atoms with E-state index in [1.54, 1.807) is 0 Å². The maximum Gasteiger partial charge on any atom is 0.0749 e. The van der Waals surface area contributed by atoms with Gasteiger partial charge in [0.05, 0.1) is 6.10 Å². The molecule has 1 saturated heterocycles. The number of nitrogens with zero attached hydrogens (tertiary/aromatic N) is 1. The van der Waals surface area contributed by atoms with Crippen molar-refractivity contribution >= 4 is 21.6 Å². The minimum absolute atomic E-state index is 0.186. The molecule has 1 heterocycles. The second-order valence-electron chi connectivity index (χ2n) is 5.83. The lowest BCUT2D eigenvalue weighted by molar-refractivity contribution is 0.0216. The van der Waals surface area contributed by atoms with Crippen molar-refractivity contribution in [3.8, 4) is 0 Å². The van der Waals surface area contributed by atoms with Crippen LogP contribution in [-0.4, -0.2) is 32.3 Å². The highest BCUT2D eigenvalue weighted by Gasteiger charge is 2.16. The molecule has 1 aliphatic heterocycles. The maximum atomic E-state index is 5.87. The molecule has 1 aliphatic rings. The molecule has 0 radical (unpaired) electrons. The maximum absolute atomic E-state index is 5.87. The first-order chi connectivity index (χ1) is 9.56. The molecule has 2 atom stereocenters. The number of halogens is 1. The Morgan fingerprint density at radius 2 is 2.25 bits per heavy atom. The van der Waals surface area contributed by atoms with Gasteiger partial charge in [0, 0.05) is 36.4 Å². The second kappa shape index (κ2) is 7.43. The van der Waals surface area contributed by atoms with Gasteiger partial charge in [0.25, 0.3) is 0 Å². The molecule has 3 nitrogen and oxygen atoms in total. The largest absolute Gasteiger partial charge is 0.376 e. The lowest BCUT2D eigenvalue weighted by Gasteiger charge is -2.29. The van der Waals surface area contributed by atoms with Crippen LogP contribution in [0.4, 0.5) is 5.69 Å². The Labute approximate surface area is 130 Å². The number of hydrogen-bond acceptors (Lipinski definition) is 3. The van der Waals surface area contributed by atoms with Gasteiger partial charge >= 0.3 is 0 Å². The van der Waals surface area contributed by atoms with Crippen molar-refractivity contribution in [1.29, 1.82) is 0 Å². The fourth-order valence-corrected chi connectivity index (χ4v) is 3.18. The predicted molar refractivity (Wildman–Crippen MR) is 88.4 cm³/mol. The molecule has 1 aromatic rings. The van der Waals surface area contributed by atoms with E-state index < -0.39 is 0 Å². The average Bonchev–Trinajstić information content (AvgIpc) is 2.41. The molecule has 1 fully saturated rings. The van der Waals surface area contributed by atoms with E-state index in [4.69, 9.17) is 10.5 Å². The monoisotopic (exact) mass is 340 g/mol. The normalized spacial score (nSPS) is 20.7. The highest BCUT2D eigenvalue weighted by Crippen LogP contribution is 2.25. The molecule has 112 valence electrons. The summed E-state index contributed by atoms with van der Waals surface area (Å²) in [7, 11) is 2.13. The fraction of sp³-hybridized carbons (Fsp3) is 0.625. The molecule has 0 amide bonds. The van der Waals surface area contributed by atoms with Crippen molar-refractivity contribution in [2.45, 2.75) is 44.8 Å². The Hall–Kier alpha value is -0.580. The lowest BCUT2D eigenvalue weighted by atomic mass is 10.1. The van der Waals surface area contributed by atoms with Crippen molar-refractivity contribution in [2.75, 3.05) is 25.1 Å². The van der Waals surface area contributed by atoms with Crippen LogP contribution < -0.4 is 10.6 Å². The van der Waals surface area contributed by atoms with Crippen LogP contribution in [0.2, 0.25) is 0 Å². The minimum atomic E-state index is 0.186. The second-order valence-corrected chi connectivity index (χ2v) is 6.68. The summed E-state index contributed by atoms with van der Waals surface area (Å²) in [5.41, 5.74) is 8.36. The van der Waals surface area contributed by atoms with E-state index in [2.05, 4.69) is 46.1 Å². The van der Waals surface area contributed by atoms with E-state index in [1.165, 1.54) is 30.5 Å². The van der Waals surface area contributed by atoms with E-state index in [-0.39, 0.29) is 6.04 Å². The first-order valence-electron chi connectivity index (χ1n) is 7.43. The van der Waals surface area contributed by atoms with Gasteiger partial charge in [0.2, 0.25) is 0 Å². The van der Waals surface area contributed by atoms with Crippen LogP contribution in [-0.2, 0) is 11.2 Å². The van der Waals surface area contributed by atoms with Crippen molar-refractivity contribution in [3.05, 3.63) is 28.2 Å². The zero-order valence-electron chi connectivity index (χ0n) is 12.4. The molecular weight excluding hydrogens is 316 g/mol. The molecule has 2 rings (SSSR count). The summed E-state index contributed by atoms with van der Waals surface area (Å²) in [6.45, 7) is 3.90. The van der Waals surface area contributed by atoms with Gasteiger partial charge in [-0.1, -0.05) is 22.0 Å². The van der Waals surface area contributed by atoms with Gasteiger partial charge in [-0.2, -0.15) is 0 Å². The summed E-state index contributed by atoms with van der Waals surface area (Å²) in [6, 6.07) is 6.71. The molecule has 4 heteroatoms. The molecule has 1 aromatic carbocycles. The molecule has 0 aliphatic carbocycles. The highest BCUT2D eigenvalue weighted by molar-refractivity contribution is 9.10. The van der Waals surface area contributed by atoms with Crippen LogP contribution in [0.1, 0.15) is 31.7 Å². The zero-order chi connectivity index (χ0) is 14.5. The number of hydrogen-bond donors (Lipinski definition) is 1. The third kappa shape index (κ3) is 4.47. The number of benzene rings is 1. The zero-order valence-corrected chi connectivity index (χ0v) is 14.0. The van der Waals surface area contributed by atoms with Gasteiger partial charge < -0.3 is 15.4 Å². The van der Waals surface area contributed by atoms with Gasteiger partial charge in [-0.05, 0) is 50.3 Å². The molecule has 0 bridgehead atoms. The van der Waals surface area contributed by atoms with E-state index in [0.717, 1.165) is 24.0 Å². The fourth-order valence-electron chi connectivity index (χ4n) is 2.65. The molecule has 2 N–H and O–H groups in total. The summed E-state index contributed by atoms with van der Waals surface area (Å²) < 4.78 is 6.95. The Balaban J connectivity index is 1.98. The Morgan fingerprint density at radius 3 is 2.85 bits per heavy atom. The third-order valence-electron chi connectivity index (χ3n) is 3.77. The number of nitrogens with two attached hydrogens (primary N) is 1. The average molecular weight is 341 g/mol. The first-order valence-corrected chi connectivity index (χ1v) is 8.22. The molecule has 2 unspecified atom stereocenters. The topological polar surface area (TPSA) is 38.5 Å². The van der Waals surface area contributed by atoms with Gasteiger partial charge in [-0.3, -0.25) is 0 Å². The van der Waals surface area contributed by atoms with Gasteiger partial charge in [-0.15, -0.1) is 0 Å². The predicted octanol–water partition coefficient (Wildman–Crippen LogP) is 3.34. The van der Waals surface area contributed by atoms with E-state index in [1.807, 2.05) is 6.92 Å². The quantitative estimate of drug-likeness (QED) is 0.893. The van der Waals surface area contributed by atoms with Crippen molar-refractivity contribution in [1.82, 2.24) is 0 Å². The Kier molecular flexibility index (Phi) is 5.87. The van der Waals surface area contributed by atoms with E-state index in [0.29, 0.717) is 6.10 Å². The minimum Gasteiger partial charge on any atom is -0.376 e. The highest BCUT2D eigenvalue weighted by atomic mass is 79.9. The molecule has 0 spiro atoms. The van der Waals surface area contributed by atoms with Crippen LogP contribution in [0, 0.1) is 0 Å². The van der Waals surface area contributed by atoms with Crippen molar-refractivity contribution < 1.29 is 4.74 Å². The summed E-state index contributed by atoms with van der Waals surface area (Å²) in [5, 5.41) is 0. The summed E-state index contributed by atoms with van der Waals surface area (Å²) in [4.78, 5) is 2.27. The summed E-state index contributed by atoms with van der Waals surface area (Å²) in [5.74, 6) is 0. The summed E-state index contributed by atoms with van der Waals surface area (Å²) in [6.07, 6.45) is 4.94. The number of likely N-dealkylation sites (N-methyl/N-ethyl adjacent to an activating group) is 1. The lowest BCUT2D eigenvalue weighted by Crippen LogP contribution is -2.33. The van der Waals surface area contributed by atoms with Gasteiger partial charge in [-0.25, -0.2) is 0 Å². The Bertz CT molecular complexity index is 430.